The minimum Gasteiger partial charge on any atom is -0.370 e. The molecule has 0 radical (unpaired) electrons. The molecule has 7 nitrogen and oxygen atoms in total. The maximum absolute atomic E-state index is 11.4. The van der Waals surface area contributed by atoms with Crippen LogP contribution in [0.4, 0.5) is 0 Å². The fraction of sp³-hybridized carbons (Fsp3) is 0.700. The quantitative estimate of drug-likeness (QED) is 0.242. The van der Waals surface area contributed by atoms with E-state index >= 15 is 0 Å². The average Bonchev–Trinajstić information content (AvgIpc) is 2.30. The molecule has 0 aliphatic heterocycles. The zero-order valence-corrected chi connectivity index (χ0v) is 10.3. The Labute approximate surface area is 101 Å². The lowest BCUT2D eigenvalue weighted by Gasteiger charge is -2.11. The summed E-state index contributed by atoms with van der Waals surface area (Å²) in [4.78, 5) is 25.7. The van der Waals surface area contributed by atoms with Crippen LogP contribution in [0.2, 0.25) is 0 Å². The lowest BCUT2D eigenvalue weighted by atomic mass is 10.1. The number of hydrogen-bond acceptors (Lipinski definition) is 4. The molecule has 98 valence electrons. The van der Waals surface area contributed by atoms with Gasteiger partial charge in [0.25, 0.3) is 0 Å². The van der Waals surface area contributed by atoms with E-state index in [1.807, 2.05) is 0 Å². The topological polar surface area (TPSA) is 123 Å². The Morgan fingerprint density at radius 1 is 1.35 bits per heavy atom. The number of amides is 1. The van der Waals surface area contributed by atoms with Crippen molar-refractivity contribution in [3.8, 4) is 0 Å². The molecule has 0 aromatic rings. The number of carbonyl (C=O) groups excluding carboxylic acids is 2. The van der Waals surface area contributed by atoms with Crippen LogP contribution in [0.3, 0.4) is 0 Å². The Morgan fingerprint density at radius 2 is 2.00 bits per heavy atom. The number of guanidine groups is 1. The Morgan fingerprint density at radius 3 is 2.53 bits per heavy atom. The summed E-state index contributed by atoms with van der Waals surface area (Å²) in [5.41, 5.74) is 11.1. The van der Waals surface area contributed by atoms with Crippen molar-refractivity contribution in [3.05, 3.63) is 0 Å². The second kappa shape index (κ2) is 8.51. The first-order valence-electron chi connectivity index (χ1n) is 5.46. The fourth-order valence-corrected chi connectivity index (χ4v) is 1.09. The first-order chi connectivity index (χ1) is 7.97. The second-order valence-corrected chi connectivity index (χ2v) is 3.70. The van der Waals surface area contributed by atoms with Crippen LogP contribution in [-0.4, -0.2) is 43.8 Å². The van der Waals surface area contributed by atoms with Crippen LogP contribution in [-0.2, 0) is 9.59 Å². The van der Waals surface area contributed by atoms with Crippen LogP contribution in [0.1, 0.15) is 19.8 Å². The van der Waals surface area contributed by atoms with Crippen molar-refractivity contribution < 1.29 is 9.59 Å². The molecule has 0 fully saturated rings. The van der Waals surface area contributed by atoms with Crippen LogP contribution < -0.4 is 22.1 Å². The number of rotatable bonds is 7. The Balaban J connectivity index is 3.67. The van der Waals surface area contributed by atoms with Crippen molar-refractivity contribution in [3.63, 3.8) is 0 Å². The third kappa shape index (κ3) is 8.21. The zero-order valence-electron chi connectivity index (χ0n) is 10.3. The lowest BCUT2D eigenvalue weighted by molar-refractivity contribution is -0.125. The van der Waals surface area contributed by atoms with Crippen molar-refractivity contribution in [2.45, 2.75) is 25.8 Å². The van der Waals surface area contributed by atoms with E-state index in [2.05, 4.69) is 15.6 Å². The van der Waals surface area contributed by atoms with Crippen molar-refractivity contribution in [1.29, 1.82) is 0 Å². The highest BCUT2D eigenvalue weighted by Crippen LogP contribution is 1.93. The molecular weight excluding hydrogens is 222 g/mol. The van der Waals surface area contributed by atoms with E-state index < -0.39 is 6.04 Å². The molecule has 0 saturated heterocycles. The van der Waals surface area contributed by atoms with Gasteiger partial charge >= 0.3 is 0 Å². The van der Waals surface area contributed by atoms with Crippen LogP contribution in [0.15, 0.2) is 4.99 Å². The third-order valence-corrected chi connectivity index (χ3v) is 2.09. The number of nitrogens with one attached hydrogen (secondary N) is 2. The smallest absolute Gasteiger partial charge is 0.237 e. The fourth-order valence-electron chi connectivity index (χ4n) is 1.09. The number of ketones is 1. The molecule has 0 unspecified atom stereocenters. The van der Waals surface area contributed by atoms with Gasteiger partial charge in [-0.05, 0) is 19.8 Å². The van der Waals surface area contributed by atoms with Gasteiger partial charge in [0.2, 0.25) is 5.91 Å². The largest absolute Gasteiger partial charge is 0.370 e. The molecule has 0 aliphatic rings. The standard InChI is InChI=1S/C10H21N5O2/c1-7(16)6-15-9(17)8(11)4-3-5-14-10(12)13-2/h8H,3-6,11H2,1-2H3,(H,15,17)(H3,12,13,14)/t8-/m1/s1. The van der Waals surface area contributed by atoms with E-state index in [4.69, 9.17) is 11.5 Å². The zero-order chi connectivity index (χ0) is 13.3. The van der Waals surface area contributed by atoms with Crippen LogP contribution >= 0.6 is 0 Å². The molecule has 7 heteroatoms. The summed E-state index contributed by atoms with van der Waals surface area (Å²) in [6.45, 7) is 2.04. The summed E-state index contributed by atoms with van der Waals surface area (Å²) in [6, 6.07) is -0.601. The third-order valence-electron chi connectivity index (χ3n) is 2.09. The Hall–Kier alpha value is -1.63. The molecule has 0 rings (SSSR count). The van der Waals surface area contributed by atoms with Crippen molar-refractivity contribution in [2.24, 2.45) is 16.5 Å². The van der Waals surface area contributed by atoms with Gasteiger partial charge < -0.3 is 22.1 Å². The van der Waals surface area contributed by atoms with Gasteiger partial charge in [0.05, 0.1) is 12.6 Å². The van der Waals surface area contributed by atoms with E-state index in [0.29, 0.717) is 25.3 Å². The van der Waals surface area contributed by atoms with Gasteiger partial charge in [0.15, 0.2) is 5.96 Å². The monoisotopic (exact) mass is 243 g/mol. The number of Topliss-reactive ketones (excluding diaryl/α,β-unsaturated/α-hetero) is 1. The molecule has 0 heterocycles. The van der Waals surface area contributed by atoms with E-state index in [-0.39, 0.29) is 18.2 Å². The van der Waals surface area contributed by atoms with Gasteiger partial charge in [0.1, 0.15) is 5.78 Å². The van der Waals surface area contributed by atoms with Crippen molar-refractivity contribution in [2.75, 3.05) is 20.1 Å². The van der Waals surface area contributed by atoms with Gasteiger partial charge in [-0.2, -0.15) is 0 Å². The predicted octanol–water partition coefficient (Wildman–Crippen LogP) is -1.67. The maximum atomic E-state index is 11.4. The van der Waals surface area contributed by atoms with E-state index in [9.17, 15) is 9.59 Å². The first kappa shape index (κ1) is 15.4. The molecule has 0 spiro atoms. The molecule has 1 atom stereocenters. The van der Waals surface area contributed by atoms with E-state index in [1.54, 1.807) is 7.05 Å². The molecule has 0 aromatic heterocycles. The van der Waals surface area contributed by atoms with Crippen molar-refractivity contribution in [1.82, 2.24) is 10.6 Å². The number of nitrogens with zero attached hydrogens (tertiary/aromatic N) is 1. The molecule has 0 aliphatic carbocycles. The second-order valence-electron chi connectivity index (χ2n) is 3.70. The Kier molecular flexibility index (Phi) is 7.70. The SMILES string of the molecule is CN=C(N)NCCC[C@@H](N)C(=O)NCC(C)=O. The molecule has 0 aromatic carbocycles. The molecule has 1 amide bonds. The summed E-state index contributed by atoms with van der Waals surface area (Å²) in [6.07, 6.45) is 1.22. The highest BCUT2D eigenvalue weighted by molar-refractivity contribution is 5.87. The molecule has 0 bridgehead atoms. The van der Waals surface area contributed by atoms with Crippen LogP contribution in [0.25, 0.3) is 0 Å². The van der Waals surface area contributed by atoms with Crippen LogP contribution in [0, 0.1) is 0 Å². The number of aliphatic imine (C=N–C) groups is 1. The molecule has 6 N–H and O–H groups in total. The average molecular weight is 243 g/mol. The van der Waals surface area contributed by atoms with Gasteiger partial charge in [0, 0.05) is 13.6 Å². The first-order valence-corrected chi connectivity index (χ1v) is 5.46. The van der Waals surface area contributed by atoms with Gasteiger partial charge in [-0.15, -0.1) is 0 Å². The summed E-state index contributed by atoms with van der Waals surface area (Å²) < 4.78 is 0. The normalized spacial score (nSPS) is 13.0. The minimum absolute atomic E-state index is 0.0280. The summed E-state index contributed by atoms with van der Waals surface area (Å²) in [5, 5.41) is 5.32. The molecular formula is C10H21N5O2. The summed E-state index contributed by atoms with van der Waals surface area (Å²) >= 11 is 0. The van der Waals surface area contributed by atoms with E-state index in [0.717, 1.165) is 0 Å². The van der Waals surface area contributed by atoms with Crippen LogP contribution in [0.5, 0.6) is 0 Å². The maximum Gasteiger partial charge on any atom is 0.237 e. The summed E-state index contributed by atoms with van der Waals surface area (Å²) in [5.74, 6) is -0.0453. The lowest BCUT2D eigenvalue weighted by Crippen LogP contribution is -2.42. The van der Waals surface area contributed by atoms with Gasteiger partial charge in [-0.25, -0.2) is 0 Å². The van der Waals surface area contributed by atoms with E-state index in [1.165, 1.54) is 6.92 Å². The van der Waals surface area contributed by atoms with Crippen molar-refractivity contribution >= 4 is 17.6 Å². The van der Waals surface area contributed by atoms with Gasteiger partial charge in [-0.3, -0.25) is 14.6 Å². The highest BCUT2D eigenvalue weighted by atomic mass is 16.2. The minimum atomic E-state index is -0.601. The number of nitrogens with two attached hydrogens (primary N) is 2. The number of carbonyl (C=O) groups is 2. The van der Waals surface area contributed by atoms with Gasteiger partial charge in [-0.1, -0.05) is 0 Å². The molecule has 0 saturated carbocycles. The molecule has 17 heavy (non-hydrogen) atoms. The summed E-state index contributed by atoms with van der Waals surface area (Å²) in [7, 11) is 1.59. The highest BCUT2D eigenvalue weighted by Gasteiger charge is 2.12. The Bertz CT molecular complexity index is 290. The predicted molar refractivity (Wildman–Crippen MR) is 66.4 cm³/mol. The number of hydrogen-bond donors (Lipinski definition) is 4.